The number of pyridine rings is 1. The Labute approximate surface area is 180 Å². The molecule has 12 heteroatoms. The Morgan fingerprint density at radius 3 is 2.63 bits per heavy atom. The fraction of sp³-hybridized carbons (Fsp3) is 0.278. The number of nitrogens with zero attached hydrogens (tertiary/aromatic N) is 5. The molecule has 10 nitrogen and oxygen atoms in total. The highest BCUT2D eigenvalue weighted by Crippen LogP contribution is 2.24. The molecule has 3 aromatic rings. The molecule has 0 aliphatic rings. The van der Waals surface area contributed by atoms with Crippen molar-refractivity contribution in [3.05, 3.63) is 58.9 Å². The van der Waals surface area contributed by atoms with Crippen LogP contribution in [-0.2, 0) is 23.9 Å². The third-order valence-electron chi connectivity index (χ3n) is 3.94. The molecule has 0 fully saturated rings. The molecular weight excluding hydrogens is 430 g/mol. The van der Waals surface area contributed by atoms with Crippen molar-refractivity contribution in [1.29, 1.82) is 0 Å². The summed E-state index contributed by atoms with van der Waals surface area (Å²) >= 11 is 6.12. The molecule has 3 N–H and O–H groups in total. The number of ether oxygens (including phenoxy) is 1. The monoisotopic (exact) mass is 449 g/mol. The van der Waals surface area contributed by atoms with Gasteiger partial charge in [0, 0.05) is 37.6 Å². The van der Waals surface area contributed by atoms with Gasteiger partial charge in [-0.05, 0) is 17.7 Å². The molecule has 0 aliphatic carbocycles. The highest BCUT2D eigenvalue weighted by Gasteiger charge is 2.17. The number of rotatable bonds is 9. The maximum Gasteiger partial charge on any atom is 0.232 e. The standard InChI is InChI=1S/C18H20ClN7O3S/c1-29-17-13(19)6-11(8-24-17)7-22-15-12(9-25-18(26-15)30(2)28)16(27)23-10-14-20-4-3-5-21-14/h3-6,8-9,16,23,27H,7,10H2,1-2H3,(H,22,25,26). The van der Waals surface area contributed by atoms with E-state index in [0.29, 0.717) is 34.7 Å². The maximum absolute atomic E-state index is 11.8. The number of nitrogens with one attached hydrogen (secondary N) is 2. The van der Waals surface area contributed by atoms with Crippen LogP contribution >= 0.6 is 11.6 Å². The maximum atomic E-state index is 11.8. The number of aliphatic hydroxyl groups excluding tert-OH is 1. The summed E-state index contributed by atoms with van der Waals surface area (Å²) in [5.74, 6) is 1.18. The Morgan fingerprint density at radius 2 is 1.97 bits per heavy atom. The van der Waals surface area contributed by atoms with Crippen LogP contribution in [0.2, 0.25) is 5.02 Å². The van der Waals surface area contributed by atoms with Crippen molar-refractivity contribution >= 4 is 28.2 Å². The molecule has 0 aliphatic heterocycles. The zero-order chi connectivity index (χ0) is 21.5. The Hall–Kier alpha value is -2.73. The van der Waals surface area contributed by atoms with Crippen LogP contribution in [0.5, 0.6) is 5.88 Å². The summed E-state index contributed by atoms with van der Waals surface area (Å²) in [6, 6.07) is 3.42. The zero-order valence-corrected chi connectivity index (χ0v) is 17.8. The molecule has 3 heterocycles. The van der Waals surface area contributed by atoms with Crippen LogP contribution in [0, 0.1) is 0 Å². The highest BCUT2D eigenvalue weighted by atomic mass is 35.5. The number of aliphatic hydroxyl groups is 1. The summed E-state index contributed by atoms with van der Waals surface area (Å²) in [6.07, 6.45) is 6.65. The summed E-state index contributed by atoms with van der Waals surface area (Å²) in [4.78, 5) is 20.7. The molecule has 3 aromatic heterocycles. The predicted octanol–water partition coefficient (Wildman–Crippen LogP) is 1.45. The minimum atomic E-state index is -1.38. The molecule has 2 atom stereocenters. The molecule has 0 bridgehead atoms. The van der Waals surface area contributed by atoms with Gasteiger partial charge in [-0.25, -0.2) is 24.9 Å². The normalized spacial score (nSPS) is 12.9. The Morgan fingerprint density at radius 1 is 1.20 bits per heavy atom. The summed E-state index contributed by atoms with van der Waals surface area (Å²) < 4.78 is 16.9. The number of methoxy groups -OCH3 is 1. The van der Waals surface area contributed by atoms with E-state index < -0.39 is 17.0 Å². The average Bonchev–Trinajstić information content (AvgIpc) is 2.76. The van der Waals surface area contributed by atoms with E-state index in [0.717, 1.165) is 5.56 Å². The Kier molecular flexibility index (Phi) is 7.57. The van der Waals surface area contributed by atoms with E-state index in [2.05, 4.69) is 35.6 Å². The van der Waals surface area contributed by atoms with Crippen LogP contribution in [0.15, 0.2) is 42.1 Å². The van der Waals surface area contributed by atoms with E-state index in [1.54, 1.807) is 30.7 Å². The quantitative estimate of drug-likeness (QED) is 0.325. The minimum absolute atomic E-state index is 0.144. The summed E-state index contributed by atoms with van der Waals surface area (Å²) in [5.41, 5.74) is 1.15. The van der Waals surface area contributed by atoms with Crippen LogP contribution in [0.25, 0.3) is 0 Å². The molecule has 0 saturated carbocycles. The molecule has 158 valence electrons. The number of anilines is 1. The lowest BCUT2D eigenvalue weighted by Crippen LogP contribution is -2.23. The Balaban J connectivity index is 1.77. The minimum Gasteiger partial charge on any atom is -0.480 e. The number of aromatic nitrogens is 5. The lowest BCUT2D eigenvalue weighted by atomic mass is 10.2. The molecule has 0 radical (unpaired) electrons. The number of hydrogen-bond donors (Lipinski definition) is 3. The lowest BCUT2D eigenvalue weighted by Gasteiger charge is -2.17. The third kappa shape index (κ3) is 5.66. The van der Waals surface area contributed by atoms with Crippen LogP contribution in [-0.4, -0.2) is 47.6 Å². The lowest BCUT2D eigenvalue weighted by molar-refractivity contribution is 0.136. The van der Waals surface area contributed by atoms with Crippen molar-refractivity contribution in [2.75, 3.05) is 18.7 Å². The van der Waals surface area contributed by atoms with Gasteiger partial charge in [0.25, 0.3) is 0 Å². The van der Waals surface area contributed by atoms with Gasteiger partial charge in [0.1, 0.15) is 22.9 Å². The van der Waals surface area contributed by atoms with E-state index in [1.165, 1.54) is 19.6 Å². The van der Waals surface area contributed by atoms with E-state index in [9.17, 15) is 9.32 Å². The van der Waals surface area contributed by atoms with E-state index in [1.807, 2.05) is 0 Å². The van der Waals surface area contributed by atoms with E-state index in [-0.39, 0.29) is 11.7 Å². The third-order valence-corrected chi connectivity index (χ3v) is 4.92. The first kappa shape index (κ1) is 22.0. The fourth-order valence-corrected chi connectivity index (χ4v) is 3.16. The molecular formula is C18H20ClN7O3S. The van der Waals surface area contributed by atoms with Crippen LogP contribution < -0.4 is 15.4 Å². The topological polar surface area (TPSA) is 135 Å². The molecule has 0 saturated heterocycles. The average molecular weight is 450 g/mol. The van der Waals surface area contributed by atoms with Crippen LogP contribution in [0.4, 0.5) is 5.82 Å². The van der Waals surface area contributed by atoms with Crippen molar-refractivity contribution in [3.8, 4) is 5.88 Å². The molecule has 2 unspecified atom stereocenters. The summed E-state index contributed by atoms with van der Waals surface area (Å²) in [5, 5.41) is 17.1. The van der Waals surface area contributed by atoms with Gasteiger partial charge in [-0.15, -0.1) is 0 Å². The van der Waals surface area contributed by atoms with E-state index >= 15 is 0 Å². The van der Waals surface area contributed by atoms with Crippen molar-refractivity contribution in [3.63, 3.8) is 0 Å². The molecule has 30 heavy (non-hydrogen) atoms. The second kappa shape index (κ2) is 10.3. The van der Waals surface area contributed by atoms with Gasteiger partial charge in [-0.1, -0.05) is 11.6 Å². The van der Waals surface area contributed by atoms with Gasteiger partial charge in [0.2, 0.25) is 11.0 Å². The van der Waals surface area contributed by atoms with Crippen molar-refractivity contribution in [2.45, 2.75) is 24.5 Å². The van der Waals surface area contributed by atoms with Crippen molar-refractivity contribution in [1.82, 2.24) is 30.2 Å². The summed E-state index contributed by atoms with van der Waals surface area (Å²) in [7, 11) is 0.102. The van der Waals surface area contributed by atoms with Gasteiger partial charge in [-0.2, -0.15) is 0 Å². The second-order valence-electron chi connectivity index (χ2n) is 6.05. The first-order chi connectivity index (χ1) is 14.5. The van der Waals surface area contributed by atoms with Crippen LogP contribution in [0.3, 0.4) is 0 Å². The predicted molar refractivity (Wildman–Crippen MR) is 111 cm³/mol. The SMILES string of the molecule is COc1ncc(CNc2nc(S(C)=O)ncc2C(O)NCc2ncccn2)cc1Cl. The van der Waals surface area contributed by atoms with Crippen molar-refractivity contribution < 1.29 is 14.1 Å². The Bertz CT molecular complexity index is 1030. The molecule has 0 aromatic carbocycles. The van der Waals surface area contributed by atoms with Gasteiger partial charge < -0.3 is 15.2 Å². The van der Waals surface area contributed by atoms with E-state index in [4.69, 9.17) is 16.3 Å². The smallest absolute Gasteiger partial charge is 0.232 e. The fourth-order valence-electron chi connectivity index (χ4n) is 2.47. The highest BCUT2D eigenvalue weighted by molar-refractivity contribution is 7.84. The second-order valence-corrected chi connectivity index (χ2v) is 7.73. The van der Waals surface area contributed by atoms with Gasteiger partial charge in [-0.3, -0.25) is 9.53 Å². The van der Waals surface area contributed by atoms with Gasteiger partial charge >= 0.3 is 0 Å². The van der Waals surface area contributed by atoms with Crippen molar-refractivity contribution in [2.24, 2.45) is 0 Å². The zero-order valence-electron chi connectivity index (χ0n) is 16.2. The summed E-state index contributed by atoms with van der Waals surface area (Å²) in [6.45, 7) is 0.548. The molecule has 0 amide bonds. The molecule has 0 spiro atoms. The van der Waals surface area contributed by atoms with Gasteiger partial charge in [0.15, 0.2) is 0 Å². The number of hydrogen-bond acceptors (Lipinski definition) is 10. The first-order valence-electron chi connectivity index (χ1n) is 8.78. The molecule has 3 rings (SSSR count). The van der Waals surface area contributed by atoms with Crippen LogP contribution in [0.1, 0.15) is 23.2 Å². The largest absolute Gasteiger partial charge is 0.480 e. The number of halogens is 1. The van der Waals surface area contributed by atoms with Gasteiger partial charge in [0.05, 0.1) is 30.0 Å². The first-order valence-corrected chi connectivity index (χ1v) is 10.7.